The summed E-state index contributed by atoms with van der Waals surface area (Å²) in [6, 6.07) is 42.3. The second-order valence-corrected chi connectivity index (χ2v) is 9.19. The predicted octanol–water partition coefficient (Wildman–Crippen LogP) is 5.16. The Morgan fingerprint density at radius 1 is 0.571 bits per heavy atom. The molecule has 2 heterocycles. The Morgan fingerprint density at radius 2 is 1.20 bits per heavy atom. The number of rotatable bonds is 3. The zero-order chi connectivity index (χ0) is 23.6. The molecule has 0 bridgehead atoms. The maximum Gasteiger partial charge on any atom is 0.488 e. The molecule has 0 spiro atoms. The standard InChI is InChI=1S/C31H22BNO2/c34-32(35)23-18-19-28-25(20-23)24-14-9-16-27-30(24)33(28)29-17-8-7-15-26(29)31(27,21-10-3-1-4-11-21)22-12-5-2-6-13-22/h1-20,34-35H. The molecule has 166 valence electrons. The van der Waals surface area contributed by atoms with E-state index in [0.29, 0.717) is 5.46 Å². The maximum absolute atomic E-state index is 9.87. The average Bonchev–Trinajstić information content (AvgIpc) is 3.25. The van der Waals surface area contributed by atoms with E-state index in [9.17, 15) is 10.0 Å². The molecule has 0 saturated carbocycles. The van der Waals surface area contributed by atoms with E-state index >= 15 is 0 Å². The van der Waals surface area contributed by atoms with Crippen LogP contribution in [0.2, 0.25) is 0 Å². The quantitative estimate of drug-likeness (QED) is 0.365. The summed E-state index contributed by atoms with van der Waals surface area (Å²) >= 11 is 0. The number of benzene rings is 5. The third kappa shape index (κ3) is 2.64. The van der Waals surface area contributed by atoms with Crippen LogP contribution in [0.25, 0.3) is 27.5 Å². The summed E-state index contributed by atoms with van der Waals surface area (Å²) in [6.07, 6.45) is 0. The van der Waals surface area contributed by atoms with Crippen molar-refractivity contribution in [3.8, 4) is 5.69 Å². The van der Waals surface area contributed by atoms with Crippen LogP contribution in [-0.4, -0.2) is 21.7 Å². The van der Waals surface area contributed by atoms with Crippen LogP contribution in [0.5, 0.6) is 0 Å². The number of aromatic nitrogens is 1. The van der Waals surface area contributed by atoms with Gasteiger partial charge in [0.2, 0.25) is 0 Å². The molecule has 0 amide bonds. The summed E-state index contributed by atoms with van der Waals surface area (Å²) in [5.41, 5.74) is 8.21. The number of para-hydroxylation sites is 2. The summed E-state index contributed by atoms with van der Waals surface area (Å²) < 4.78 is 2.34. The minimum atomic E-state index is -1.51. The second-order valence-electron chi connectivity index (χ2n) is 9.19. The van der Waals surface area contributed by atoms with Gasteiger partial charge in [-0.3, -0.25) is 0 Å². The van der Waals surface area contributed by atoms with E-state index in [1.807, 2.05) is 12.1 Å². The Bertz CT molecular complexity index is 1680. The lowest BCUT2D eigenvalue weighted by molar-refractivity contribution is 0.426. The first-order valence-corrected chi connectivity index (χ1v) is 11.9. The van der Waals surface area contributed by atoms with Crippen molar-refractivity contribution in [2.45, 2.75) is 5.41 Å². The van der Waals surface area contributed by atoms with Gasteiger partial charge in [-0.15, -0.1) is 0 Å². The molecular weight excluding hydrogens is 429 g/mol. The molecule has 1 aromatic heterocycles. The van der Waals surface area contributed by atoms with Crippen molar-refractivity contribution >= 4 is 34.4 Å². The molecule has 0 atom stereocenters. The molecule has 0 fully saturated rings. The number of fused-ring (bicyclic) bond motifs is 5. The van der Waals surface area contributed by atoms with Crippen LogP contribution in [0, 0.1) is 0 Å². The van der Waals surface area contributed by atoms with E-state index in [0.717, 1.165) is 27.5 Å². The highest BCUT2D eigenvalue weighted by molar-refractivity contribution is 6.59. The molecule has 0 radical (unpaired) electrons. The normalized spacial score (nSPS) is 13.7. The molecule has 7 rings (SSSR count). The zero-order valence-corrected chi connectivity index (χ0v) is 19.0. The van der Waals surface area contributed by atoms with Crippen molar-refractivity contribution in [1.29, 1.82) is 0 Å². The van der Waals surface area contributed by atoms with Gasteiger partial charge >= 0.3 is 7.12 Å². The second kappa shape index (κ2) is 7.44. The third-order valence-electron chi connectivity index (χ3n) is 7.48. The molecule has 2 N–H and O–H groups in total. The number of hydrogen-bond donors (Lipinski definition) is 2. The Balaban J connectivity index is 1.74. The molecule has 0 saturated heterocycles. The molecule has 4 heteroatoms. The van der Waals surface area contributed by atoms with Gasteiger partial charge in [-0.1, -0.05) is 109 Å². The topological polar surface area (TPSA) is 45.4 Å². The summed E-state index contributed by atoms with van der Waals surface area (Å²) in [4.78, 5) is 0. The van der Waals surface area contributed by atoms with E-state index in [-0.39, 0.29) is 0 Å². The lowest BCUT2D eigenvalue weighted by atomic mass is 9.63. The van der Waals surface area contributed by atoms with Crippen LogP contribution in [0.4, 0.5) is 0 Å². The smallest absolute Gasteiger partial charge is 0.423 e. The van der Waals surface area contributed by atoms with Gasteiger partial charge in [0.1, 0.15) is 0 Å². The molecule has 3 nitrogen and oxygen atoms in total. The van der Waals surface area contributed by atoms with Crippen molar-refractivity contribution in [2.24, 2.45) is 0 Å². The van der Waals surface area contributed by atoms with Gasteiger partial charge in [0.05, 0.1) is 22.1 Å². The largest absolute Gasteiger partial charge is 0.488 e. The van der Waals surface area contributed by atoms with Crippen LogP contribution in [0.3, 0.4) is 0 Å². The van der Waals surface area contributed by atoms with E-state index in [4.69, 9.17) is 0 Å². The maximum atomic E-state index is 9.87. The third-order valence-corrected chi connectivity index (χ3v) is 7.48. The van der Waals surface area contributed by atoms with Crippen LogP contribution in [0.15, 0.2) is 121 Å². The van der Waals surface area contributed by atoms with E-state index in [1.54, 1.807) is 6.07 Å². The first-order valence-electron chi connectivity index (χ1n) is 11.9. The van der Waals surface area contributed by atoms with Gasteiger partial charge in [0.15, 0.2) is 0 Å². The lowest BCUT2D eigenvalue weighted by Gasteiger charge is -2.41. The Labute approximate surface area is 203 Å². The van der Waals surface area contributed by atoms with Crippen molar-refractivity contribution in [3.05, 3.63) is 144 Å². The van der Waals surface area contributed by atoms with Crippen molar-refractivity contribution < 1.29 is 10.0 Å². The highest BCUT2D eigenvalue weighted by Gasteiger charge is 2.44. The molecule has 0 aliphatic carbocycles. The highest BCUT2D eigenvalue weighted by atomic mass is 16.4. The Morgan fingerprint density at radius 3 is 1.89 bits per heavy atom. The highest BCUT2D eigenvalue weighted by Crippen LogP contribution is 2.53. The van der Waals surface area contributed by atoms with Crippen LogP contribution in [-0.2, 0) is 5.41 Å². The fraction of sp³-hybridized carbons (Fsp3) is 0.0323. The Hall–Kier alpha value is -4.12. The van der Waals surface area contributed by atoms with Crippen molar-refractivity contribution in [2.75, 3.05) is 0 Å². The van der Waals surface area contributed by atoms with Gasteiger partial charge in [0.25, 0.3) is 0 Å². The number of nitrogens with zero attached hydrogens (tertiary/aromatic N) is 1. The summed E-state index contributed by atoms with van der Waals surface area (Å²) in [5.74, 6) is 0. The Kier molecular flexibility index (Phi) is 4.31. The SMILES string of the molecule is OB(O)c1ccc2c(c1)c1cccc3c1n2-c1ccccc1C3(c1ccccc1)c1ccccc1. The van der Waals surface area contributed by atoms with Gasteiger partial charge in [-0.2, -0.15) is 0 Å². The molecular formula is C31H22BNO2. The first-order chi connectivity index (χ1) is 17.2. The van der Waals surface area contributed by atoms with E-state index in [2.05, 4.69) is 108 Å². The van der Waals surface area contributed by atoms with Gasteiger partial charge in [-0.25, -0.2) is 0 Å². The summed E-state index contributed by atoms with van der Waals surface area (Å²) in [6.45, 7) is 0. The summed E-state index contributed by atoms with van der Waals surface area (Å²) in [5, 5.41) is 21.9. The van der Waals surface area contributed by atoms with Crippen molar-refractivity contribution in [1.82, 2.24) is 4.57 Å². The fourth-order valence-corrected chi connectivity index (χ4v) is 6.10. The summed E-state index contributed by atoms with van der Waals surface area (Å²) in [7, 11) is -1.51. The molecule has 0 unspecified atom stereocenters. The molecule has 1 aliphatic rings. The monoisotopic (exact) mass is 451 g/mol. The van der Waals surface area contributed by atoms with Crippen LogP contribution in [0.1, 0.15) is 22.3 Å². The molecule has 6 aromatic rings. The fourth-order valence-electron chi connectivity index (χ4n) is 6.10. The van der Waals surface area contributed by atoms with Gasteiger partial charge in [0, 0.05) is 10.8 Å². The van der Waals surface area contributed by atoms with E-state index < -0.39 is 12.5 Å². The molecule has 1 aliphatic heterocycles. The molecule has 35 heavy (non-hydrogen) atoms. The predicted molar refractivity (Wildman–Crippen MR) is 142 cm³/mol. The minimum Gasteiger partial charge on any atom is -0.423 e. The van der Waals surface area contributed by atoms with Crippen LogP contribution >= 0.6 is 0 Å². The van der Waals surface area contributed by atoms with Gasteiger partial charge < -0.3 is 14.6 Å². The van der Waals surface area contributed by atoms with Gasteiger partial charge in [-0.05, 0) is 39.8 Å². The first kappa shape index (κ1) is 20.3. The van der Waals surface area contributed by atoms with E-state index in [1.165, 1.54) is 22.3 Å². The molecule has 5 aromatic carbocycles. The lowest BCUT2D eigenvalue weighted by Crippen LogP contribution is -2.35. The van der Waals surface area contributed by atoms with Crippen LogP contribution < -0.4 is 5.46 Å². The zero-order valence-electron chi connectivity index (χ0n) is 19.0. The number of hydrogen-bond acceptors (Lipinski definition) is 2. The van der Waals surface area contributed by atoms with Crippen molar-refractivity contribution in [3.63, 3.8) is 0 Å². The average molecular weight is 451 g/mol. The minimum absolute atomic E-state index is 0.492.